The van der Waals surface area contributed by atoms with E-state index in [-0.39, 0.29) is 5.54 Å². The molecule has 0 saturated heterocycles. The first-order valence-corrected chi connectivity index (χ1v) is 7.22. The average Bonchev–Trinajstić information content (AvgIpc) is 2.41. The molecule has 0 fully saturated rings. The van der Waals surface area contributed by atoms with Gasteiger partial charge in [-0.15, -0.1) is 0 Å². The third kappa shape index (κ3) is 7.31. The number of β-amino-alcohol motifs (C(OH)–C–C–N with tert-alkyl or cyclic N) is 1. The second-order valence-electron chi connectivity index (χ2n) is 4.65. The van der Waals surface area contributed by atoms with Crippen LogP contribution in [0.4, 0.5) is 0 Å². The van der Waals surface area contributed by atoms with Gasteiger partial charge in [0.15, 0.2) is 0 Å². The predicted octanol–water partition coefficient (Wildman–Crippen LogP) is 1.96. The summed E-state index contributed by atoms with van der Waals surface area (Å²) in [6.07, 6.45) is 2.80. The Morgan fingerprint density at radius 2 is 1.56 bits per heavy atom. The van der Waals surface area contributed by atoms with Crippen LogP contribution in [0, 0.1) is 0 Å². The van der Waals surface area contributed by atoms with Gasteiger partial charge in [-0.3, -0.25) is 0 Å². The molecule has 2 N–H and O–H groups in total. The van der Waals surface area contributed by atoms with Crippen molar-refractivity contribution >= 4 is 0 Å². The van der Waals surface area contributed by atoms with E-state index in [1.807, 2.05) is 6.92 Å². The van der Waals surface area contributed by atoms with Gasteiger partial charge in [0, 0.05) is 18.7 Å². The van der Waals surface area contributed by atoms with Gasteiger partial charge in [0.2, 0.25) is 0 Å². The fourth-order valence-electron chi connectivity index (χ4n) is 2.00. The largest absolute Gasteiger partial charge is 0.389 e. The van der Waals surface area contributed by atoms with Gasteiger partial charge in [0.05, 0.1) is 25.9 Å². The van der Waals surface area contributed by atoms with E-state index in [0.29, 0.717) is 33.0 Å². The summed E-state index contributed by atoms with van der Waals surface area (Å²) < 4.78 is 10.5. The van der Waals surface area contributed by atoms with Gasteiger partial charge < -0.3 is 19.9 Å². The van der Waals surface area contributed by atoms with Crippen LogP contribution < -0.4 is 5.32 Å². The van der Waals surface area contributed by atoms with Crippen molar-refractivity contribution in [1.29, 1.82) is 0 Å². The highest BCUT2D eigenvalue weighted by Crippen LogP contribution is 2.18. The molecular weight excluding hydrogens is 230 g/mol. The number of nitrogens with one attached hydrogen (secondary N) is 1. The average molecular weight is 261 g/mol. The minimum absolute atomic E-state index is 0.159. The van der Waals surface area contributed by atoms with Crippen molar-refractivity contribution in [3.63, 3.8) is 0 Å². The first-order valence-electron chi connectivity index (χ1n) is 7.22. The lowest BCUT2D eigenvalue weighted by molar-refractivity contribution is 0.00363. The van der Waals surface area contributed by atoms with E-state index in [1.165, 1.54) is 0 Å². The van der Waals surface area contributed by atoms with Crippen LogP contribution in [0.3, 0.4) is 0 Å². The van der Waals surface area contributed by atoms with Crippen molar-refractivity contribution in [2.75, 3.05) is 33.0 Å². The minimum Gasteiger partial charge on any atom is -0.389 e. The van der Waals surface area contributed by atoms with E-state index >= 15 is 0 Å². The third-order valence-electron chi connectivity index (χ3n) is 3.63. The lowest BCUT2D eigenvalue weighted by atomic mass is 9.90. The van der Waals surface area contributed by atoms with Crippen LogP contribution in [0.2, 0.25) is 0 Å². The molecule has 0 spiro atoms. The van der Waals surface area contributed by atoms with Crippen molar-refractivity contribution < 1.29 is 14.6 Å². The number of ether oxygens (including phenoxy) is 2. The van der Waals surface area contributed by atoms with Crippen molar-refractivity contribution in [3.8, 4) is 0 Å². The Labute approximate surface area is 112 Å². The van der Waals surface area contributed by atoms with E-state index in [9.17, 15) is 5.11 Å². The molecule has 0 saturated carbocycles. The molecule has 110 valence electrons. The Morgan fingerprint density at radius 3 is 2.06 bits per heavy atom. The highest BCUT2D eigenvalue weighted by molar-refractivity contribution is 4.84. The molecule has 0 aliphatic heterocycles. The fraction of sp³-hybridized carbons (Fsp3) is 1.00. The molecule has 0 aromatic rings. The predicted molar refractivity (Wildman–Crippen MR) is 74.9 cm³/mol. The van der Waals surface area contributed by atoms with Crippen molar-refractivity contribution in [2.24, 2.45) is 0 Å². The summed E-state index contributed by atoms with van der Waals surface area (Å²) in [5.74, 6) is 0. The monoisotopic (exact) mass is 261 g/mol. The number of hydrogen-bond acceptors (Lipinski definition) is 4. The van der Waals surface area contributed by atoms with Crippen molar-refractivity contribution in [3.05, 3.63) is 0 Å². The highest BCUT2D eigenvalue weighted by Gasteiger charge is 2.23. The van der Waals surface area contributed by atoms with Crippen molar-refractivity contribution in [1.82, 2.24) is 5.32 Å². The van der Waals surface area contributed by atoms with Gasteiger partial charge in [-0.1, -0.05) is 20.8 Å². The number of rotatable bonds is 12. The molecule has 0 radical (unpaired) electrons. The zero-order valence-corrected chi connectivity index (χ0v) is 12.5. The molecule has 0 heterocycles. The van der Waals surface area contributed by atoms with Crippen LogP contribution in [-0.2, 0) is 9.47 Å². The summed E-state index contributed by atoms with van der Waals surface area (Å²) in [5.41, 5.74) is 0.159. The molecule has 0 bridgehead atoms. The van der Waals surface area contributed by atoms with E-state index in [4.69, 9.17) is 9.47 Å². The van der Waals surface area contributed by atoms with Crippen LogP contribution in [0.25, 0.3) is 0 Å². The Bertz CT molecular complexity index is 176. The first kappa shape index (κ1) is 17.8. The second-order valence-corrected chi connectivity index (χ2v) is 4.65. The smallest absolute Gasteiger partial charge is 0.0897 e. The van der Waals surface area contributed by atoms with Crippen LogP contribution in [0.5, 0.6) is 0 Å². The zero-order valence-electron chi connectivity index (χ0n) is 12.5. The Kier molecular flexibility index (Phi) is 10.6. The molecule has 1 atom stereocenters. The summed E-state index contributed by atoms with van der Waals surface area (Å²) in [6.45, 7) is 11.3. The summed E-state index contributed by atoms with van der Waals surface area (Å²) in [6, 6.07) is 0. The molecule has 18 heavy (non-hydrogen) atoms. The molecule has 0 amide bonds. The molecule has 0 aromatic carbocycles. The quantitative estimate of drug-likeness (QED) is 0.527. The van der Waals surface area contributed by atoms with Crippen LogP contribution in [-0.4, -0.2) is 49.7 Å². The van der Waals surface area contributed by atoms with Crippen LogP contribution in [0.1, 0.15) is 47.0 Å². The van der Waals surface area contributed by atoms with Gasteiger partial charge in [-0.05, 0) is 26.2 Å². The normalized spacial score (nSPS) is 13.8. The highest BCUT2D eigenvalue weighted by atomic mass is 16.5. The number of aliphatic hydroxyl groups is 1. The summed E-state index contributed by atoms with van der Waals surface area (Å²) in [7, 11) is 0. The topological polar surface area (TPSA) is 50.7 Å². The number of hydrogen-bond donors (Lipinski definition) is 2. The lowest BCUT2D eigenvalue weighted by Crippen LogP contribution is -2.47. The molecule has 4 heteroatoms. The van der Waals surface area contributed by atoms with Gasteiger partial charge >= 0.3 is 0 Å². The molecule has 0 rings (SSSR count). The Morgan fingerprint density at radius 1 is 1.00 bits per heavy atom. The molecule has 0 aromatic heterocycles. The van der Waals surface area contributed by atoms with Crippen molar-refractivity contribution in [2.45, 2.75) is 58.6 Å². The molecular formula is C14H31NO3. The Hall–Kier alpha value is -0.160. The molecule has 0 aliphatic rings. The van der Waals surface area contributed by atoms with Gasteiger partial charge in [0.25, 0.3) is 0 Å². The SMILES string of the molecule is CCOCCOCC(O)CNC(CC)(CC)CC. The first-order chi connectivity index (χ1) is 8.64. The Balaban J connectivity index is 3.71. The van der Waals surface area contributed by atoms with E-state index in [1.54, 1.807) is 0 Å². The van der Waals surface area contributed by atoms with Crippen LogP contribution in [0.15, 0.2) is 0 Å². The molecule has 4 nitrogen and oxygen atoms in total. The van der Waals surface area contributed by atoms with Gasteiger partial charge in [-0.25, -0.2) is 0 Å². The maximum atomic E-state index is 9.83. The van der Waals surface area contributed by atoms with Gasteiger partial charge in [-0.2, -0.15) is 0 Å². The zero-order chi connectivity index (χ0) is 13.9. The van der Waals surface area contributed by atoms with E-state index in [2.05, 4.69) is 26.1 Å². The second kappa shape index (κ2) is 10.7. The van der Waals surface area contributed by atoms with E-state index in [0.717, 1.165) is 19.3 Å². The fourth-order valence-corrected chi connectivity index (χ4v) is 2.00. The maximum absolute atomic E-state index is 9.83. The number of aliphatic hydroxyl groups excluding tert-OH is 1. The standard InChI is InChI=1S/C14H31NO3/c1-5-14(6-2,7-3)15-11-13(16)12-18-10-9-17-8-4/h13,15-16H,5-12H2,1-4H3. The summed E-state index contributed by atoms with van der Waals surface area (Å²) in [5, 5.41) is 13.3. The van der Waals surface area contributed by atoms with E-state index < -0.39 is 6.10 Å². The maximum Gasteiger partial charge on any atom is 0.0897 e. The minimum atomic E-state index is -0.448. The molecule has 0 aliphatic carbocycles. The summed E-state index contributed by atoms with van der Waals surface area (Å²) in [4.78, 5) is 0. The third-order valence-corrected chi connectivity index (χ3v) is 3.63. The lowest BCUT2D eigenvalue weighted by Gasteiger charge is -2.33. The molecule has 1 unspecified atom stereocenters. The summed E-state index contributed by atoms with van der Waals surface area (Å²) >= 11 is 0. The van der Waals surface area contributed by atoms with Crippen LogP contribution >= 0.6 is 0 Å². The van der Waals surface area contributed by atoms with Gasteiger partial charge in [0.1, 0.15) is 0 Å².